The predicted octanol–water partition coefficient (Wildman–Crippen LogP) is 4.64. The molecule has 0 heterocycles. The van der Waals surface area contributed by atoms with Gasteiger partial charge < -0.3 is 0 Å². The highest BCUT2D eigenvalue weighted by Crippen LogP contribution is 2.27. The van der Waals surface area contributed by atoms with E-state index in [2.05, 4.69) is 46.4 Å². The van der Waals surface area contributed by atoms with Crippen LogP contribution in [0.4, 0.5) is 0 Å². The van der Waals surface area contributed by atoms with Crippen molar-refractivity contribution in [3.8, 4) is 0 Å². The molecule has 0 radical (unpaired) electrons. The lowest BCUT2D eigenvalue weighted by Gasteiger charge is -2.28. The zero-order valence-corrected chi connectivity index (χ0v) is 11.8. The minimum atomic E-state index is -0.805. The quantitative estimate of drug-likeness (QED) is 0.561. The zero-order chi connectivity index (χ0) is 10.3. The van der Waals surface area contributed by atoms with Crippen LogP contribution < -0.4 is 0 Å². The topological polar surface area (TPSA) is 0 Å². The third-order valence-corrected chi connectivity index (χ3v) is 10.6. The molecule has 0 unspecified atom stereocenters. The van der Waals surface area contributed by atoms with Crippen LogP contribution in [-0.4, -0.2) is 19.1 Å². The Bertz CT molecular complexity index is 111. The molecule has 0 bridgehead atoms. The first-order valence-electron chi connectivity index (χ1n) is 5.71. The second-order valence-electron chi connectivity index (χ2n) is 4.23. The fourth-order valence-electron chi connectivity index (χ4n) is 1.79. The van der Waals surface area contributed by atoms with E-state index in [1.54, 1.807) is 6.04 Å². The predicted molar refractivity (Wildman–Crippen MR) is 69.6 cm³/mol. The first-order valence-corrected chi connectivity index (χ1v) is 9.59. The highest BCUT2D eigenvalue weighted by atomic mass is 32.2. The van der Waals surface area contributed by atoms with Crippen molar-refractivity contribution in [2.75, 3.05) is 5.75 Å². The van der Waals surface area contributed by atoms with Crippen molar-refractivity contribution in [2.45, 2.75) is 64.0 Å². The first kappa shape index (κ1) is 13.6. The molecule has 80 valence electrons. The summed E-state index contributed by atoms with van der Waals surface area (Å²) in [6.45, 7) is 11.8. The molecular formula is C11H26SSi. The molecule has 0 atom stereocenters. The van der Waals surface area contributed by atoms with Crippen molar-refractivity contribution in [1.29, 1.82) is 0 Å². The molecule has 0 aromatic carbocycles. The number of hydrogen-bond donors (Lipinski definition) is 0. The molecule has 0 aliphatic heterocycles. The van der Waals surface area contributed by atoms with E-state index in [-0.39, 0.29) is 0 Å². The van der Waals surface area contributed by atoms with Gasteiger partial charge in [0.05, 0.1) is 8.07 Å². The molecule has 0 aliphatic carbocycles. The number of thioether (sulfide) groups is 1. The first-order chi connectivity index (χ1) is 6.10. The van der Waals surface area contributed by atoms with E-state index >= 15 is 0 Å². The van der Waals surface area contributed by atoms with E-state index in [1.807, 2.05) is 0 Å². The van der Waals surface area contributed by atoms with Crippen molar-refractivity contribution >= 4 is 19.8 Å². The summed E-state index contributed by atoms with van der Waals surface area (Å²) in [6.07, 6.45) is 0. The third kappa shape index (κ3) is 5.11. The van der Waals surface area contributed by atoms with Gasteiger partial charge >= 0.3 is 0 Å². The highest BCUT2D eigenvalue weighted by molar-refractivity contribution is 7.99. The molecule has 0 aromatic heterocycles. The molecule has 13 heavy (non-hydrogen) atoms. The molecule has 0 amide bonds. The van der Waals surface area contributed by atoms with Crippen LogP contribution in [-0.2, 0) is 0 Å². The van der Waals surface area contributed by atoms with E-state index in [9.17, 15) is 0 Å². The Hall–Kier alpha value is 0.567. The van der Waals surface area contributed by atoms with Crippen LogP contribution in [0, 0.1) is 0 Å². The van der Waals surface area contributed by atoms with Crippen molar-refractivity contribution < 1.29 is 0 Å². The minimum absolute atomic E-state index is 0.805. The highest BCUT2D eigenvalue weighted by Gasteiger charge is 2.25. The van der Waals surface area contributed by atoms with Gasteiger partial charge in [-0.1, -0.05) is 52.8 Å². The Morgan fingerprint density at radius 2 is 1.46 bits per heavy atom. The average Bonchev–Trinajstić information content (AvgIpc) is 2.13. The molecule has 0 aromatic rings. The standard InChI is InChI=1S/C11H26SSi/c1-6-13(7-2,8-3)10-9-12-11(4)5/h11H,6-10H2,1-5H3. The van der Waals surface area contributed by atoms with E-state index in [0.717, 1.165) is 5.25 Å². The van der Waals surface area contributed by atoms with Crippen LogP contribution in [0.15, 0.2) is 0 Å². The Labute approximate surface area is 89.9 Å². The lowest BCUT2D eigenvalue weighted by atomic mass is 10.6. The molecular weight excluding hydrogens is 192 g/mol. The fourth-order valence-corrected chi connectivity index (χ4v) is 7.03. The van der Waals surface area contributed by atoms with Gasteiger partial charge in [0.15, 0.2) is 0 Å². The van der Waals surface area contributed by atoms with Crippen molar-refractivity contribution in [2.24, 2.45) is 0 Å². The molecule has 0 nitrogen and oxygen atoms in total. The molecule has 0 saturated carbocycles. The summed E-state index contributed by atoms with van der Waals surface area (Å²) in [5.41, 5.74) is 0. The SMILES string of the molecule is CC[Si](CC)(CC)CCSC(C)C. The molecule has 0 saturated heterocycles. The van der Waals surface area contributed by atoms with E-state index in [0.29, 0.717) is 0 Å². The molecule has 0 rings (SSSR count). The van der Waals surface area contributed by atoms with Gasteiger partial charge in [-0.2, -0.15) is 11.8 Å². The smallest absolute Gasteiger partial charge is 0.0535 e. The fraction of sp³-hybridized carbons (Fsp3) is 1.00. The molecule has 2 heteroatoms. The van der Waals surface area contributed by atoms with Crippen LogP contribution in [0.5, 0.6) is 0 Å². The lowest BCUT2D eigenvalue weighted by Crippen LogP contribution is -2.31. The maximum absolute atomic E-state index is 2.40. The largest absolute Gasteiger partial charge is 0.159 e. The van der Waals surface area contributed by atoms with Gasteiger partial charge in [0.25, 0.3) is 0 Å². The van der Waals surface area contributed by atoms with Gasteiger partial charge in [-0.05, 0) is 17.0 Å². The summed E-state index contributed by atoms with van der Waals surface area (Å²) in [7, 11) is -0.805. The summed E-state index contributed by atoms with van der Waals surface area (Å²) in [5.74, 6) is 1.40. The van der Waals surface area contributed by atoms with Crippen LogP contribution in [0.1, 0.15) is 34.6 Å². The summed E-state index contributed by atoms with van der Waals surface area (Å²) in [6, 6.07) is 6.00. The maximum Gasteiger partial charge on any atom is 0.0535 e. The molecule has 0 fully saturated rings. The second kappa shape index (κ2) is 6.94. The van der Waals surface area contributed by atoms with Gasteiger partial charge in [0.1, 0.15) is 0 Å². The molecule has 0 aliphatic rings. The summed E-state index contributed by atoms with van der Waals surface area (Å²) in [5, 5.41) is 0.817. The maximum atomic E-state index is 2.40. The van der Waals surface area contributed by atoms with Crippen LogP contribution >= 0.6 is 11.8 Å². The Morgan fingerprint density at radius 1 is 1.00 bits per heavy atom. The lowest BCUT2D eigenvalue weighted by molar-refractivity contribution is 1.09. The monoisotopic (exact) mass is 218 g/mol. The van der Waals surface area contributed by atoms with Crippen molar-refractivity contribution in [3.05, 3.63) is 0 Å². The van der Waals surface area contributed by atoms with Crippen LogP contribution in [0.3, 0.4) is 0 Å². The summed E-state index contributed by atoms with van der Waals surface area (Å²) >= 11 is 2.14. The Kier molecular flexibility index (Phi) is 7.24. The van der Waals surface area contributed by atoms with Gasteiger partial charge in [-0.15, -0.1) is 0 Å². The van der Waals surface area contributed by atoms with E-state index in [4.69, 9.17) is 0 Å². The Balaban J connectivity index is 3.81. The van der Waals surface area contributed by atoms with Crippen molar-refractivity contribution in [1.82, 2.24) is 0 Å². The van der Waals surface area contributed by atoms with Crippen LogP contribution in [0.2, 0.25) is 24.2 Å². The van der Waals surface area contributed by atoms with E-state index < -0.39 is 8.07 Å². The number of hydrogen-bond acceptors (Lipinski definition) is 1. The van der Waals surface area contributed by atoms with Crippen molar-refractivity contribution in [3.63, 3.8) is 0 Å². The number of rotatable bonds is 7. The molecule has 0 N–H and O–H groups in total. The summed E-state index contributed by atoms with van der Waals surface area (Å²) < 4.78 is 0. The van der Waals surface area contributed by atoms with Crippen LogP contribution in [0.25, 0.3) is 0 Å². The van der Waals surface area contributed by atoms with Gasteiger partial charge in [0.2, 0.25) is 0 Å². The minimum Gasteiger partial charge on any atom is -0.159 e. The summed E-state index contributed by atoms with van der Waals surface area (Å²) in [4.78, 5) is 0. The Morgan fingerprint density at radius 3 is 1.77 bits per heavy atom. The third-order valence-electron chi connectivity index (χ3n) is 3.33. The second-order valence-corrected chi connectivity index (χ2v) is 11.5. The van der Waals surface area contributed by atoms with Gasteiger partial charge in [-0.3, -0.25) is 0 Å². The van der Waals surface area contributed by atoms with E-state index in [1.165, 1.54) is 23.9 Å². The van der Waals surface area contributed by atoms with Gasteiger partial charge in [-0.25, -0.2) is 0 Å². The average molecular weight is 218 g/mol. The molecule has 0 spiro atoms. The zero-order valence-electron chi connectivity index (χ0n) is 10.0. The van der Waals surface area contributed by atoms with Gasteiger partial charge in [0, 0.05) is 0 Å². The normalized spacial score (nSPS) is 12.5.